The molecule has 0 aliphatic carbocycles. The molecule has 0 radical (unpaired) electrons. The Morgan fingerprint density at radius 3 is 2.00 bits per heavy atom. The molecular weight excluding hydrogens is 222 g/mol. The Balaban J connectivity index is 1.89. The van der Waals surface area contributed by atoms with Crippen molar-refractivity contribution in [2.45, 2.75) is 19.1 Å². The zero-order valence-corrected chi connectivity index (χ0v) is 10.1. The van der Waals surface area contributed by atoms with Crippen LogP contribution in [0.4, 0.5) is 0 Å². The van der Waals surface area contributed by atoms with Crippen molar-refractivity contribution in [2.24, 2.45) is 0 Å². The van der Waals surface area contributed by atoms with E-state index in [9.17, 15) is 0 Å². The number of rotatable bonds is 5. The lowest BCUT2D eigenvalue weighted by Crippen LogP contribution is -2.13. The van der Waals surface area contributed by atoms with Crippen molar-refractivity contribution in [3.63, 3.8) is 0 Å². The van der Waals surface area contributed by atoms with Crippen molar-refractivity contribution in [1.82, 2.24) is 0 Å². The predicted octanol–water partition coefficient (Wildman–Crippen LogP) is 3.34. The zero-order chi connectivity index (χ0) is 12.6. The normalized spacial score (nSPS) is 11.7. The minimum Gasteiger partial charge on any atom is -0.358 e. The molecule has 18 heavy (non-hydrogen) atoms. The predicted molar refractivity (Wildman–Crippen MR) is 70.8 cm³/mol. The lowest BCUT2D eigenvalue weighted by Gasteiger charge is -2.10. The van der Waals surface area contributed by atoms with Crippen LogP contribution in [0.25, 0.3) is 0 Å². The van der Waals surface area contributed by atoms with Gasteiger partial charge >= 0.3 is 0 Å². The fraction of sp³-hybridized carbons (Fsp3) is 0.188. The van der Waals surface area contributed by atoms with Crippen molar-refractivity contribution >= 4 is 0 Å². The highest BCUT2D eigenvalue weighted by molar-refractivity contribution is 5.17. The lowest BCUT2D eigenvalue weighted by molar-refractivity contribution is 0.0771. The van der Waals surface area contributed by atoms with Crippen LogP contribution in [0.1, 0.15) is 11.1 Å². The van der Waals surface area contributed by atoms with Gasteiger partial charge in [-0.2, -0.15) is 5.26 Å². The molecule has 0 amide bonds. The van der Waals surface area contributed by atoms with Crippen LogP contribution in [0, 0.1) is 11.3 Å². The Kier molecular flexibility index (Phi) is 4.52. The molecule has 1 atom stereocenters. The molecule has 2 aromatic rings. The largest absolute Gasteiger partial charge is 0.358 e. The van der Waals surface area contributed by atoms with Crippen LogP contribution in [-0.2, 0) is 17.8 Å². The van der Waals surface area contributed by atoms with Gasteiger partial charge in [-0.3, -0.25) is 0 Å². The lowest BCUT2D eigenvalue weighted by atomic mass is 10.1. The van der Waals surface area contributed by atoms with Gasteiger partial charge in [-0.1, -0.05) is 60.7 Å². The Bertz CT molecular complexity index is 502. The summed E-state index contributed by atoms with van der Waals surface area (Å²) in [5.74, 6) is 0. The van der Waals surface area contributed by atoms with E-state index in [2.05, 4.69) is 6.07 Å². The number of ether oxygens (including phenoxy) is 1. The van der Waals surface area contributed by atoms with E-state index in [0.29, 0.717) is 13.0 Å². The molecule has 0 aliphatic heterocycles. The first kappa shape index (κ1) is 12.3. The fourth-order valence-electron chi connectivity index (χ4n) is 1.74. The fourth-order valence-corrected chi connectivity index (χ4v) is 1.74. The van der Waals surface area contributed by atoms with E-state index < -0.39 is 6.10 Å². The van der Waals surface area contributed by atoms with Gasteiger partial charge < -0.3 is 4.74 Å². The molecule has 90 valence electrons. The second-order valence-corrected chi connectivity index (χ2v) is 4.10. The summed E-state index contributed by atoms with van der Waals surface area (Å²) in [4.78, 5) is 0. The summed E-state index contributed by atoms with van der Waals surface area (Å²) in [5, 5.41) is 9.09. The van der Waals surface area contributed by atoms with Gasteiger partial charge in [0.25, 0.3) is 0 Å². The molecule has 2 nitrogen and oxygen atoms in total. The maximum absolute atomic E-state index is 9.09. The van der Waals surface area contributed by atoms with Crippen molar-refractivity contribution in [3.05, 3.63) is 71.8 Å². The summed E-state index contributed by atoms with van der Waals surface area (Å²) in [7, 11) is 0. The van der Waals surface area contributed by atoms with E-state index in [1.807, 2.05) is 60.7 Å². The van der Waals surface area contributed by atoms with Gasteiger partial charge in [-0.05, 0) is 11.1 Å². The molecule has 2 aromatic carbocycles. The van der Waals surface area contributed by atoms with Crippen LogP contribution in [0.15, 0.2) is 60.7 Å². The molecule has 0 aliphatic rings. The summed E-state index contributed by atoms with van der Waals surface area (Å²) < 4.78 is 5.62. The van der Waals surface area contributed by atoms with Gasteiger partial charge in [0.15, 0.2) is 0 Å². The SMILES string of the molecule is N#CC(Cc1ccccc1)OCc1ccccc1. The minimum atomic E-state index is -0.396. The first-order valence-electron chi connectivity index (χ1n) is 5.97. The number of hydrogen-bond donors (Lipinski definition) is 0. The molecule has 2 rings (SSSR count). The van der Waals surface area contributed by atoms with E-state index in [4.69, 9.17) is 10.00 Å². The summed E-state index contributed by atoms with van der Waals surface area (Å²) in [6.45, 7) is 0.478. The highest BCUT2D eigenvalue weighted by Gasteiger charge is 2.08. The molecule has 0 heterocycles. The molecule has 0 bridgehead atoms. The van der Waals surface area contributed by atoms with E-state index in [1.165, 1.54) is 0 Å². The third-order valence-electron chi connectivity index (χ3n) is 2.70. The van der Waals surface area contributed by atoms with E-state index >= 15 is 0 Å². The third-order valence-corrected chi connectivity index (χ3v) is 2.70. The van der Waals surface area contributed by atoms with Crippen molar-refractivity contribution in [2.75, 3.05) is 0 Å². The van der Waals surface area contributed by atoms with E-state index in [-0.39, 0.29) is 0 Å². The monoisotopic (exact) mass is 237 g/mol. The Labute approximate surface area is 107 Å². The number of benzene rings is 2. The quantitative estimate of drug-likeness (QED) is 0.799. The standard InChI is InChI=1S/C16H15NO/c17-12-16(11-14-7-3-1-4-8-14)18-13-15-9-5-2-6-10-15/h1-10,16H,11,13H2. The second kappa shape index (κ2) is 6.58. The minimum absolute atomic E-state index is 0.396. The second-order valence-electron chi connectivity index (χ2n) is 4.10. The van der Waals surface area contributed by atoms with Gasteiger partial charge in [0.2, 0.25) is 0 Å². The summed E-state index contributed by atoms with van der Waals surface area (Å²) in [5.41, 5.74) is 2.21. The molecule has 2 heteroatoms. The molecule has 0 saturated carbocycles. The molecule has 0 aromatic heterocycles. The van der Waals surface area contributed by atoms with Gasteiger partial charge in [0.05, 0.1) is 12.7 Å². The van der Waals surface area contributed by atoms with Crippen LogP contribution in [-0.4, -0.2) is 6.10 Å². The first-order valence-corrected chi connectivity index (χ1v) is 5.97. The van der Waals surface area contributed by atoms with Gasteiger partial charge in [-0.25, -0.2) is 0 Å². The highest BCUT2D eigenvalue weighted by atomic mass is 16.5. The van der Waals surface area contributed by atoms with Gasteiger partial charge in [0, 0.05) is 6.42 Å². The van der Waals surface area contributed by atoms with Crippen molar-refractivity contribution in [3.8, 4) is 6.07 Å². The molecule has 0 saturated heterocycles. The van der Waals surface area contributed by atoms with Gasteiger partial charge in [0.1, 0.15) is 6.10 Å². The van der Waals surface area contributed by atoms with Crippen LogP contribution in [0.2, 0.25) is 0 Å². The van der Waals surface area contributed by atoms with Crippen LogP contribution >= 0.6 is 0 Å². The summed E-state index contributed by atoms with van der Waals surface area (Å²) >= 11 is 0. The first-order chi connectivity index (χ1) is 8.88. The smallest absolute Gasteiger partial charge is 0.148 e. The van der Waals surface area contributed by atoms with Crippen LogP contribution in [0.3, 0.4) is 0 Å². The summed E-state index contributed by atoms with van der Waals surface area (Å²) in [6.07, 6.45) is 0.233. The molecule has 0 spiro atoms. The van der Waals surface area contributed by atoms with Gasteiger partial charge in [-0.15, -0.1) is 0 Å². The van der Waals surface area contributed by atoms with Crippen molar-refractivity contribution in [1.29, 1.82) is 5.26 Å². The Morgan fingerprint density at radius 2 is 1.44 bits per heavy atom. The molecule has 0 N–H and O–H groups in total. The Hall–Kier alpha value is -2.11. The van der Waals surface area contributed by atoms with E-state index in [1.54, 1.807) is 0 Å². The number of nitriles is 1. The topological polar surface area (TPSA) is 33.0 Å². The van der Waals surface area contributed by atoms with Crippen LogP contribution in [0.5, 0.6) is 0 Å². The number of hydrogen-bond acceptors (Lipinski definition) is 2. The third kappa shape index (κ3) is 3.73. The van der Waals surface area contributed by atoms with E-state index in [0.717, 1.165) is 11.1 Å². The highest BCUT2D eigenvalue weighted by Crippen LogP contribution is 2.08. The molecular formula is C16H15NO. The average molecular weight is 237 g/mol. The van der Waals surface area contributed by atoms with Crippen LogP contribution < -0.4 is 0 Å². The average Bonchev–Trinajstić information content (AvgIpc) is 2.45. The Morgan fingerprint density at radius 1 is 0.889 bits per heavy atom. The number of nitrogens with zero attached hydrogens (tertiary/aromatic N) is 1. The zero-order valence-electron chi connectivity index (χ0n) is 10.1. The maximum Gasteiger partial charge on any atom is 0.148 e. The maximum atomic E-state index is 9.09. The molecule has 0 fully saturated rings. The molecule has 1 unspecified atom stereocenters. The van der Waals surface area contributed by atoms with Crippen molar-refractivity contribution < 1.29 is 4.74 Å². The summed E-state index contributed by atoms with van der Waals surface area (Å²) in [6, 6.07) is 22.0.